The molecule has 0 saturated heterocycles. The van der Waals surface area contributed by atoms with Crippen LogP contribution >= 0.6 is 0 Å². The number of unbranched alkanes of at least 4 members (excludes halogenated alkanes) is 1. The molecule has 0 aromatic rings. The zero-order valence-corrected chi connectivity index (χ0v) is 6.03. The van der Waals surface area contributed by atoms with Crippen LogP contribution in [0.25, 0.3) is 0 Å². The Labute approximate surface area is 51.7 Å². The van der Waals surface area contributed by atoms with Crippen molar-refractivity contribution in [3.05, 3.63) is 0 Å². The molecule has 0 fully saturated rings. The first-order chi connectivity index (χ1) is 3.56. The van der Waals surface area contributed by atoms with E-state index in [1.807, 2.05) is 0 Å². The molecule has 0 amide bonds. The van der Waals surface area contributed by atoms with Crippen LogP contribution in [0, 0.1) is 0 Å². The molecule has 0 N–H and O–H groups in total. The van der Waals surface area contributed by atoms with Crippen LogP contribution in [0.1, 0.15) is 40.0 Å². The van der Waals surface area contributed by atoms with E-state index in [1.54, 1.807) is 13.8 Å². The Morgan fingerprint density at radius 2 is 1.88 bits per heavy atom. The van der Waals surface area contributed by atoms with Gasteiger partial charge in [-0.1, -0.05) is 40.0 Å². The molecule has 0 bridgehead atoms. The van der Waals surface area contributed by atoms with Crippen molar-refractivity contribution in [3.8, 4) is 0 Å². The summed E-state index contributed by atoms with van der Waals surface area (Å²) >= 11 is 0. The number of hydrogen-bond acceptors (Lipinski definition) is 1. The fourth-order valence-electron chi connectivity index (χ4n) is 0.602. The topological polar surface area (TPSA) is 23.1 Å². The number of hydrogen-bond donors (Lipinski definition) is 0. The Hall–Kier alpha value is -0.0400. The van der Waals surface area contributed by atoms with Gasteiger partial charge in [-0.15, -0.1) is 5.60 Å². The summed E-state index contributed by atoms with van der Waals surface area (Å²) < 4.78 is 0. The Kier molecular flexibility index (Phi) is 3.06. The van der Waals surface area contributed by atoms with Crippen LogP contribution in [-0.4, -0.2) is 5.60 Å². The van der Waals surface area contributed by atoms with Gasteiger partial charge >= 0.3 is 0 Å². The van der Waals surface area contributed by atoms with E-state index in [1.165, 1.54) is 0 Å². The zero-order valence-electron chi connectivity index (χ0n) is 6.03. The molecule has 0 aromatic carbocycles. The Bertz CT molecular complexity index is 51.9. The predicted octanol–water partition coefficient (Wildman–Crippen LogP) is 1.32. The van der Waals surface area contributed by atoms with Gasteiger partial charge in [-0.2, -0.15) is 0 Å². The molecular formula is C7H15O-. The third-order valence-corrected chi connectivity index (χ3v) is 1.13. The van der Waals surface area contributed by atoms with Gasteiger partial charge in [-0.05, 0) is 0 Å². The van der Waals surface area contributed by atoms with Gasteiger partial charge in [0.1, 0.15) is 0 Å². The molecule has 8 heavy (non-hydrogen) atoms. The smallest absolute Gasteiger partial charge is 0.0544 e. The van der Waals surface area contributed by atoms with Crippen molar-refractivity contribution in [2.75, 3.05) is 0 Å². The highest BCUT2D eigenvalue weighted by atomic mass is 16.3. The minimum absolute atomic E-state index is 0.698. The van der Waals surface area contributed by atoms with Gasteiger partial charge in [0, 0.05) is 0 Å². The van der Waals surface area contributed by atoms with Crippen molar-refractivity contribution in [1.82, 2.24) is 0 Å². The molecule has 0 saturated carbocycles. The average Bonchev–Trinajstić information content (AvgIpc) is 1.59. The second kappa shape index (κ2) is 3.08. The average molecular weight is 115 g/mol. The van der Waals surface area contributed by atoms with Crippen LogP contribution < -0.4 is 5.11 Å². The lowest BCUT2D eigenvalue weighted by molar-refractivity contribution is -0.467. The SMILES string of the molecule is CCCCC(C)(C)[O-]. The van der Waals surface area contributed by atoms with Crippen LogP contribution in [-0.2, 0) is 0 Å². The maximum Gasteiger partial charge on any atom is -0.0544 e. The van der Waals surface area contributed by atoms with Gasteiger partial charge < -0.3 is 5.11 Å². The first kappa shape index (κ1) is 7.96. The molecule has 0 aliphatic carbocycles. The van der Waals surface area contributed by atoms with E-state index >= 15 is 0 Å². The van der Waals surface area contributed by atoms with E-state index in [4.69, 9.17) is 0 Å². The van der Waals surface area contributed by atoms with Gasteiger partial charge in [0.25, 0.3) is 0 Å². The molecule has 0 heterocycles. The van der Waals surface area contributed by atoms with Crippen LogP contribution in [0.15, 0.2) is 0 Å². The molecule has 0 rings (SSSR count). The highest BCUT2D eigenvalue weighted by Crippen LogP contribution is 2.07. The van der Waals surface area contributed by atoms with E-state index in [2.05, 4.69) is 6.92 Å². The summed E-state index contributed by atoms with van der Waals surface area (Å²) in [5, 5.41) is 10.9. The maximum absolute atomic E-state index is 10.9. The van der Waals surface area contributed by atoms with Crippen molar-refractivity contribution >= 4 is 0 Å². The molecule has 0 spiro atoms. The zero-order chi connectivity index (χ0) is 6.62. The highest BCUT2D eigenvalue weighted by molar-refractivity contribution is 4.61. The molecule has 0 radical (unpaired) electrons. The molecular weight excluding hydrogens is 100 g/mol. The normalized spacial score (nSPS) is 12.0. The summed E-state index contributed by atoms with van der Waals surface area (Å²) in [6, 6.07) is 0. The van der Waals surface area contributed by atoms with Crippen molar-refractivity contribution in [2.24, 2.45) is 0 Å². The molecule has 1 heteroatoms. The van der Waals surface area contributed by atoms with Gasteiger partial charge in [-0.3, -0.25) is 0 Å². The van der Waals surface area contributed by atoms with E-state index in [-0.39, 0.29) is 0 Å². The Balaban J connectivity index is 3.11. The minimum Gasteiger partial charge on any atom is -0.850 e. The van der Waals surface area contributed by atoms with Crippen molar-refractivity contribution < 1.29 is 5.11 Å². The predicted molar refractivity (Wildman–Crippen MR) is 33.6 cm³/mol. The number of rotatable bonds is 3. The quantitative estimate of drug-likeness (QED) is 0.544. The van der Waals surface area contributed by atoms with Gasteiger partial charge in [0.15, 0.2) is 0 Å². The van der Waals surface area contributed by atoms with Crippen molar-refractivity contribution in [2.45, 2.75) is 45.6 Å². The summed E-state index contributed by atoms with van der Waals surface area (Å²) in [6.45, 7) is 5.58. The van der Waals surface area contributed by atoms with E-state index in [0.29, 0.717) is 0 Å². The summed E-state index contributed by atoms with van der Waals surface area (Å²) in [4.78, 5) is 0. The van der Waals surface area contributed by atoms with E-state index < -0.39 is 5.60 Å². The van der Waals surface area contributed by atoms with E-state index in [0.717, 1.165) is 19.3 Å². The van der Waals surface area contributed by atoms with Crippen LogP contribution in [0.2, 0.25) is 0 Å². The first-order valence-electron chi connectivity index (χ1n) is 3.26. The summed E-state index contributed by atoms with van der Waals surface area (Å²) in [5.41, 5.74) is -0.698. The second-order valence-corrected chi connectivity index (χ2v) is 2.86. The monoisotopic (exact) mass is 115 g/mol. The van der Waals surface area contributed by atoms with Crippen LogP contribution in [0.3, 0.4) is 0 Å². The molecule has 0 aliphatic rings. The lowest BCUT2D eigenvalue weighted by Crippen LogP contribution is -2.36. The highest BCUT2D eigenvalue weighted by Gasteiger charge is 1.98. The summed E-state index contributed by atoms with van der Waals surface area (Å²) in [7, 11) is 0. The summed E-state index contributed by atoms with van der Waals surface area (Å²) in [5.74, 6) is 0. The largest absolute Gasteiger partial charge is 0.850 e. The first-order valence-corrected chi connectivity index (χ1v) is 3.26. The van der Waals surface area contributed by atoms with Crippen LogP contribution in [0.4, 0.5) is 0 Å². The minimum atomic E-state index is -0.698. The lowest BCUT2D eigenvalue weighted by atomic mass is 10.0. The fraction of sp³-hybridized carbons (Fsp3) is 1.00. The Morgan fingerprint density at radius 3 is 2.00 bits per heavy atom. The van der Waals surface area contributed by atoms with Crippen molar-refractivity contribution in [3.63, 3.8) is 0 Å². The lowest BCUT2D eigenvalue weighted by Gasteiger charge is -2.31. The Morgan fingerprint density at radius 1 is 1.38 bits per heavy atom. The standard InChI is InChI=1S/C7H15O/c1-4-5-6-7(2,3)8/h4-6H2,1-3H3/q-1. The van der Waals surface area contributed by atoms with Crippen LogP contribution in [0.5, 0.6) is 0 Å². The summed E-state index contributed by atoms with van der Waals surface area (Å²) in [6.07, 6.45) is 3.01. The molecule has 0 aromatic heterocycles. The van der Waals surface area contributed by atoms with Gasteiger partial charge in [0.05, 0.1) is 0 Å². The second-order valence-electron chi connectivity index (χ2n) is 2.86. The molecule has 0 unspecified atom stereocenters. The fourth-order valence-corrected chi connectivity index (χ4v) is 0.602. The van der Waals surface area contributed by atoms with Crippen molar-refractivity contribution in [1.29, 1.82) is 0 Å². The van der Waals surface area contributed by atoms with E-state index in [9.17, 15) is 5.11 Å². The third kappa shape index (κ3) is 5.96. The molecule has 0 atom stereocenters. The molecule has 50 valence electrons. The van der Waals surface area contributed by atoms with Gasteiger partial charge in [0.2, 0.25) is 0 Å². The maximum atomic E-state index is 10.9. The molecule has 1 nitrogen and oxygen atoms in total. The third-order valence-electron chi connectivity index (χ3n) is 1.13. The van der Waals surface area contributed by atoms with Gasteiger partial charge in [-0.25, -0.2) is 0 Å². The molecule has 0 aliphatic heterocycles.